The van der Waals surface area contributed by atoms with Crippen molar-refractivity contribution in [3.05, 3.63) is 35.6 Å². The number of likely N-dealkylation sites (tertiary alicyclic amines) is 1. The maximum atomic E-state index is 13.2. The molecule has 2 rings (SSSR count). The molecule has 1 saturated heterocycles. The summed E-state index contributed by atoms with van der Waals surface area (Å²) >= 11 is 0. The Labute approximate surface area is 132 Å². The summed E-state index contributed by atoms with van der Waals surface area (Å²) in [5.41, 5.74) is 1.07. The lowest BCUT2D eigenvalue weighted by Crippen LogP contribution is -2.41. The first-order chi connectivity index (χ1) is 10.6. The molecule has 0 spiro atoms. The fourth-order valence-electron chi connectivity index (χ4n) is 3.21. The molecule has 0 bridgehead atoms. The molecular formula is C18H27FN2O. The first-order valence-electron chi connectivity index (χ1n) is 8.27. The highest BCUT2D eigenvalue weighted by Crippen LogP contribution is 2.23. The highest BCUT2D eigenvalue weighted by molar-refractivity contribution is 5.75. The minimum atomic E-state index is -0.153. The minimum Gasteiger partial charge on any atom is -0.359 e. The smallest absolute Gasteiger partial charge is 0.220 e. The Morgan fingerprint density at radius 2 is 2.14 bits per heavy atom. The summed E-state index contributed by atoms with van der Waals surface area (Å²) in [7, 11) is 1.70. The Hall–Kier alpha value is -1.42. The normalized spacial score (nSPS) is 18.1. The van der Waals surface area contributed by atoms with Gasteiger partial charge < -0.3 is 10.2 Å². The third-order valence-corrected chi connectivity index (χ3v) is 4.77. The maximum Gasteiger partial charge on any atom is 0.220 e. The molecule has 1 aliphatic rings. The summed E-state index contributed by atoms with van der Waals surface area (Å²) in [4.78, 5) is 13.9. The summed E-state index contributed by atoms with van der Waals surface area (Å²) in [6.07, 6.45) is 4.80. The van der Waals surface area contributed by atoms with E-state index in [1.807, 2.05) is 6.07 Å². The van der Waals surface area contributed by atoms with E-state index in [-0.39, 0.29) is 11.7 Å². The van der Waals surface area contributed by atoms with Crippen LogP contribution in [0.1, 0.15) is 38.2 Å². The Bertz CT molecular complexity index is 484. The number of nitrogens with zero attached hydrogens (tertiary/aromatic N) is 1. The molecule has 1 fully saturated rings. The third kappa shape index (κ3) is 5.09. The van der Waals surface area contributed by atoms with Crippen molar-refractivity contribution in [1.82, 2.24) is 10.2 Å². The Kier molecular flexibility index (Phi) is 6.37. The predicted molar refractivity (Wildman–Crippen MR) is 87.2 cm³/mol. The zero-order valence-corrected chi connectivity index (χ0v) is 13.6. The molecule has 1 N–H and O–H groups in total. The summed E-state index contributed by atoms with van der Waals surface area (Å²) in [6, 6.07) is 7.39. The van der Waals surface area contributed by atoms with Gasteiger partial charge in [-0.2, -0.15) is 0 Å². The van der Waals surface area contributed by atoms with Gasteiger partial charge in [0.05, 0.1) is 0 Å². The number of halogens is 1. The number of hydrogen-bond acceptors (Lipinski definition) is 2. The quantitative estimate of drug-likeness (QED) is 0.876. The summed E-state index contributed by atoms with van der Waals surface area (Å²) in [5.74, 6) is 0.518. The molecule has 0 saturated carbocycles. The molecule has 1 heterocycles. The lowest BCUT2D eigenvalue weighted by molar-refractivity contribution is -0.121. The molecule has 0 aromatic heterocycles. The molecule has 22 heavy (non-hydrogen) atoms. The number of rotatable bonds is 6. The second-order valence-electron chi connectivity index (χ2n) is 6.37. The van der Waals surface area contributed by atoms with Crippen molar-refractivity contribution < 1.29 is 9.18 Å². The SMILES string of the molecule is CNC(=O)CC1CCN(C(C)CCc2cccc(F)c2)CC1. The van der Waals surface area contributed by atoms with Crippen molar-refractivity contribution in [1.29, 1.82) is 0 Å². The van der Waals surface area contributed by atoms with Gasteiger partial charge in [0.1, 0.15) is 5.82 Å². The number of nitrogens with one attached hydrogen (secondary N) is 1. The molecule has 122 valence electrons. The fourth-order valence-corrected chi connectivity index (χ4v) is 3.21. The van der Waals surface area contributed by atoms with E-state index in [0.717, 1.165) is 44.3 Å². The second-order valence-corrected chi connectivity index (χ2v) is 6.37. The molecule has 0 aliphatic carbocycles. The average Bonchev–Trinajstić information content (AvgIpc) is 2.53. The van der Waals surface area contributed by atoms with Crippen LogP contribution in [0.3, 0.4) is 0 Å². The van der Waals surface area contributed by atoms with Crippen molar-refractivity contribution in [2.45, 2.75) is 45.1 Å². The van der Waals surface area contributed by atoms with E-state index in [1.54, 1.807) is 19.2 Å². The van der Waals surface area contributed by atoms with Gasteiger partial charge in [-0.25, -0.2) is 4.39 Å². The monoisotopic (exact) mass is 306 g/mol. The van der Waals surface area contributed by atoms with Gasteiger partial charge in [-0.3, -0.25) is 4.79 Å². The van der Waals surface area contributed by atoms with Crippen molar-refractivity contribution in [3.63, 3.8) is 0 Å². The topological polar surface area (TPSA) is 32.3 Å². The summed E-state index contributed by atoms with van der Waals surface area (Å²) < 4.78 is 13.2. The van der Waals surface area contributed by atoms with E-state index in [9.17, 15) is 9.18 Å². The van der Waals surface area contributed by atoms with Crippen LogP contribution in [0.25, 0.3) is 0 Å². The molecule has 1 aliphatic heterocycles. The Morgan fingerprint density at radius 1 is 1.41 bits per heavy atom. The van der Waals surface area contributed by atoms with Gasteiger partial charge in [0.2, 0.25) is 5.91 Å². The van der Waals surface area contributed by atoms with Crippen LogP contribution < -0.4 is 5.32 Å². The van der Waals surface area contributed by atoms with Gasteiger partial charge in [0, 0.05) is 19.5 Å². The van der Waals surface area contributed by atoms with Crippen LogP contribution in [-0.4, -0.2) is 37.0 Å². The van der Waals surface area contributed by atoms with Crippen LogP contribution in [0.5, 0.6) is 0 Å². The average molecular weight is 306 g/mol. The van der Waals surface area contributed by atoms with Crippen LogP contribution in [0.15, 0.2) is 24.3 Å². The fraction of sp³-hybridized carbons (Fsp3) is 0.611. The van der Waals surface area contributed by atoms with E-state index in [4.69, 9.17) is 0 Å². The van der Waals surface area contributed by atoms with Crippen molar-refractivity contribution in [2.24, 2.45) is 5.92 Å². The first kappa shape index (κ1) is 16.9. The van der Waals surface area contributed by atoms with E-state index in [2.05, 4.69) is 17.1 Å². The third-order valence-electron chi connectivity index (χ3n) is 4.77. The standard InChI is InChI=1S/C18H27FN2O/c1-14(6-7-15-4-3-5-17(19)12-15)21-10-8-16(9-11-21)13-18(22)20-2/h3-5,12,14,16H,6-11,13H2,1-2H3,(H,20,22). The summed E-state index contributed by atoms with van der Waals surface area (Å²) in [6.45, 7) is 4.37. The number of benzene rings is 1. The number of piperidine rings is 1. The van der Waals surface area contributed by atoms with Gasteiger partial charge in [-0.1, -0.05) is 12.1 Å². The Morgan fingerprint density at radius 3 is 2.77 bits per heavy atom. The molecule has 4 heteroatoms. The highest BCUT2D eigenvalue weighted by Gasteiger charge is 2.23. The molecule has 3 nitrogen and oxygen atoms in total. The molecular weight excluding hydrogens is 279 g/mol. The summed E-state index contributed by atoms with van der Waals surface area (Å²) in [5, 5.41) is 2.71. The van der Waals surface area contributed by atoms with Gasteiger partial charge in [-0.05, 0) is 69.3 Å². The van der Waals surface area contributed by atoms with Gasteiger partial charge in [0.25, 0.3) is 0 Å². The van der Waals surface area contributed by atoms with E-state index >= 15 is 0 Å². The van der Waals surface area contributed by atoms with Crippen LogP contribution in [0.4, 0.5) is 4.39 Å². The molecule has 1 aromatic carbocycles. The second kappa shape index (κ2) is 8.28. The van der Waals surface area contributed by atoms with Gasteiger partial charge >= 0.3 is 0 Å². The van der Waals surface area contributed by atoms with Crippen LogP contribution >= 0.6 is 0 Å². The largest absolute Gasteiger partial charge is 0.359 e. The zero-order chi connectivity index (χ0) is 15.9. The Balaban J connectivity index is 1.73. The molecule has 0 radical (unpaired) electrons. The van der Waals surface area contributed by atoms with Crippen LogP contribution in [-0.2, 0) is 11.2 Å². The van der Waals surface area contributed by atoms with Crippen LogP contribution in [0.2, 0.25) is 0 Å². The lowest BCUT2D eigenvalue weighted by Gasteiger charge is -2.36. The molecule has 1 amide bonds. The maximum absolute atomic E-state index is 13.2. The molecule has 1 atom stereocenters. The number of carbonyl (C=O) groups excluding carboxylic acids is 1. The van der Waals surface area contributed by atoms with Crippen molar-refractivity contribution in [2.75, 3.05) is 20.1 Å². The van der Waals surface area contributed by atoms with E-state index in [0.29, 0.717) is 18.4 Å². The number of hydrogen-bond donors (Lipinski definition) is 1. The molecule has 1 unspecified atom stereocenters. The van der Waals surface area contributed by atoms with E-state index < -0.39 is 0 Å². The zero-order valence-electron chi connectivity index (χ0n) is 13.6. The van der Waals surface area contributed by atoms with Gasteiger partial charge in [0.15, 0.2) is 0 Å². The number of aryl methyl sites for hydroxylation is 1. The van der Waals surface area contributed by atoms with Gasteiger partial charge in [-0.15, -0.1) is 0 Å². The first-order valence-corrected chi connectivity index (χ1v) is 8.27. The predicted octanol–water partition coefficient (Wildman–Crippen LogP) is 2.99. The van der Waals surface area contributed by atoms with Crippen molar-refractivity contribution in [3.8, 4) is 0 Å². The minimum absolute atomic E-state index is 0.151. The number of amides is 1. The van der Waals surface area contributed by atoms with Crippen LogP contribution in [0, 0.1) is 11.7 Å². The molecule has 1 aromatic rings. The number of carbonyl (C=O) groups is 1. The van der Waals surface area contributed by atoms with Crippen molar-refractivity contribution >= 4 is 5.91 Å². The lowest BCUT2D eigenvalue weighted by atomic mass is 9.92. The van der Waals surface area contributed by atoms with E-state index in [1.165, 1.54) is 6.07 Å². The highest BCUT2D eigenvalue weighted by atomic mass is 19.1.